The molecule has 0 bridgehead atoms. The van der Waals surface area contributed by atoms with E-state index in [1.807, 2.05) is 24.3 Å². The molecule has 0 unspecified atom stereocenters. The molecule has 2 N–H and O–H groups in total. The van der Waals surface area contributed by atoms with Crippen LogP contribution in [0.5, 0.6) is 0 Å². The fourth-order valence-electron chi connectivity index (χ4n) is 3.97. The Labute approximate surface area is 148 Å². The van der Waals surface area contributed by atoms with Crippen molar-refractivity contribution < 1.29 is 4.39 Å². The zero-order chi connectivity index (χ0) is 17.1. The Bertz CT molecular complexity index is 1060. The lowest BCUT2D eigenvalue weighted by Gasteiger charge is -2.35. The number of hydrogen-bond donors (Lipinski definition) is 2. The van der Waals surface area contributed by atoms with Crippen LogP contribution in [0.2, 0.25) is 5.02 Å². The molecule has 1 saturated carbocycles. The Morgan fingerprint density at radius 2 is 2.00 bits per heavy atom. The van der Waals surface area contributed by atoms with Gasteiger partial charge in [-0.3, -0.25) is 4.79 Å². The molecule has 6 heteroatoms. The largest absolute Gasteiger partial charge is 0.380 e. The number of aromatic nitrogens is 2. The molecular formula is C19H15ClFN3O. The molecule has 2 heterocycles. The van der Waals surface area contributed by atoms with E-state index < -0.39 is 5.82 Å². The second-order valence-electron chi connectivity index (χ2n) is 6.82. The lowest BCUT2D eigenvalue weighted by atomic mass is 9.81. The maximum Gasteiger partial charge on any atom is 0.272 e. The van der Waals surface area contributed by atoms with E-state index in [4.69, 9.17) is 11.6 Å². The summed E-state index contributed by atoms with van der Waals surface area (Å²) in [7, 11) is 0. The minimum atomic E-state index is -0.427. The summed E-state index contributed by atoms with van der Waals surface area (Å²) in [4.78, 5) is 12.2. The van der Waals surface area contributed by atoms with Crippen LogP contribution in [0.3, 0.4) is 0 Å². The van der Waals surface area contributed by atoms with Gasteiger partial charge >= 0.3 is 0 Å². The summed E-state index contributed by atoms with van der Waals surface area (Å²) >= 11 is 6.48. The van der Waals surface area contributed by atoms with Crippen LogP contribution in [-0.4, -0.2) is 16.2 Å². The Hall–Kier alpha value is -2.40. The predicted octanol–water partition coefficient (Wildman–Crippen LogP) is 4.05. The smallest absolute Gasteiger partial charge is 0.272 e. The van der Waals surface area contributed by atoms with Gasteiger partial charge in [-0.15, -0.1) is 0 Å². The first-order valence-electron chi connectivity index (χ1n) is 8.36. The molecule has 0 saturated heterocycles. The van der Waals surface area contributed by atoms with Crippen LogP contribution in [0.1, 0.15) is 30.0 Å². The molecule has 1 aliphatic carbocycles. The van der Waals surface area contributed by atoms with Gasteiger partial charge in [-0.1, -0.05) is 29.8 Å². The molecule has 4 nitrogen and oxygen atoms in total. The highest BCUT2D eigenvalue weighted by Gasteiger charge is 2.43. The highest BCUT2D eigenvalue weighted by Crippen LogP contribution is 2.49. The normalized spacial score (nSPS) is 22.0. The summed E-state index contributed by atoms with van der Waals surface area (Å²) in [5, 5.41) is 12.1. The van der Waals surface area contributed by atoms with E-state index in [1.165, 1.54) is 12.1 Å². The second-order valence-corrected chi connectivity index (χ2v) is 7.23. The predicted molar refractivity (Wildman–Crippen MR) is 95.8 cm³/mol. The summed E-state index contributed by atoms with van der Waals surface area (Å²) in [6.45, 7) is 0. The quantitative estimate of drug-likeness (QED) is 0.729. The molecule has 25 heavy (non-hydrogen) atoms. The topological polar surface area (TPSA) is 57.8 Å². The van der Waals surface area contributed by atoms with E-state index in [9.17, 15) is 9.18 Å². The number of rotatable bonds is 2. The number of nitrogens with zero attached hydrogens (tertiary/aromatic N) is 1. The zero-order valence-corrected chi connectivity index (χ0v) is 14.0. The van der Waals surface area contributed by atoms with Crippen molar-refractivity contribution in [2.24, 2.45) is 5.92 Å². The van der Waals surface area contributed by atoms with E-state index in [-0.39, 0.29) is 17.5 Å². The standard InChI is InChI=1S/C19H15ClFN3O/c20-13-4-2-1-3-11(13)16-17(9-5-6-9)22-14-8-10(21)7-12-15(14)18(16)23-24-19(12)25/h1-4,7-9,16-17,22H,5-6H2,(H,24,25)/t16-,17-/m0/s1. The highest BCUT2D eigenvalue weighted by atomic mass is 35.5. The van der Waals surface area contributed by atoms with Gasteiger partial charge in [0.15, 0.2) is 0 Å². The maximum atomic E-state index is 14.0. The average molecular weight is 356 g/mol. The van der Waals surface area contributed by atoms with Crippen molar-refractivity contribution in [2.75, 3.05) is 5.32 Å². The van der Waals surface area contributed by atoms with Gasteiger partial charge in [0.2, 0.25) is 0 Å². The van der Waals surface area contributed by atoms with Crippen LogP contribution < -0.4 is 10.9 Å². The summed E-state index contributed by atoms with van der Waals surface area (Å²) in [6, 6.07) is 10.5. The first kappa shape index (κ1) is 14.9. The third-order valence-corrected chi connectivity index (χ3v) is 5.57. The molecule has 2 aromatic carbocycles. The Morgan fingerprint density at radius 3 is 2.76 bits per heavy atom. The van der Waals surface area contributed by atoms with E-state index in [2.05, 4.69) is 15.5 Å². The zero-order valence-electron chi connectivity index (χ0n) is 13.2. The fourth-order valence-corrected chi connectivity index (χ4v) is 4.23. The van der Waals surface area contributed by atoms with Crippen LogP contribution in [0.4, 0.5) is 10.1 Å². The lowest BCUT2D eigenvalue weighted by Crippen LogP contribution is -2.35. The van der Waals surface area contributed by atoms with E-state index >= 15 is 0 Å². The number of hydrogen-bond acceptors (Lipinski definition) is 3. The van der Waals surface area contributed by atoms with Gasteiger partial charge in [0.1, 0.15) is 5.82 Å². The van der Waals surface area contributed by atoms with Gasteiger partial charge in [0.05, 0.1) is 17.0 Å². The molecular weight excluding hydrogens is 341 g/mol. The third-order valence-electron chi connectivity index (χ3n) is 5.23. The van der Waals surface area contributed by atoms with Gasteiger partial charge in [0.25, 0.3) is 5.56 Å². The number of anilines is 1. The molecule has 1 aromatic heterocycles. The van der Waals surface area contributed by atoms with E-state index in [1.54, 1.807) is 0 Å². The summed E-state index contributed by atoms with van der Waals surface area (Å²) in [6.07, 6.45) is 2.24. The van der Waals surface area contributed by atoms with Crippen LogP contribution in [-0.2, 0) is 0 Å². The van der Waals surface area contributed by atoms with E-state index in [0.29, 0.717) is 27.4 Å². The Balaban J connectivity index is 1.83. The van der Waals surface area contributed by atoms with Crippen LogP contribution >= 0.6 is 11.6 Å². The lowest BCUT2D eigenvalue weighted by molar-refractivity contribution is 0.548. The molecule has 5 rings (SSSR count). The first-order valence-corrected chi connectivity index (χ1v) is 8.74. The maximum absolute atomic E-state index is 14.0. The number of nitrogens with one attached hydrogen (secondary N) is 2. The van der Waals surface area contributed by atoms with Crippen molar-refractivity contribution in [1.29, 1.82) is 0 Å². The SMILES string of the molecule is O=c1[nH]nc2c3c(cc(F)cc13)N[C@@H](C1CC1)[C@@H]2c1ccccc1Cl. The minimum Gasteiger partial charge on any atom is -0.380 e. The van der Waals surface area contributed by atoms with Gasteiger partial charge in [-0.2, -0.15) is 5.10 Å². The molecule has 126 valence electrons. The average Bonchev–Trinajstić information content (AvgIpc) is 3.43. The summed E-state index contributed by atoms with van der Waals surface area (Å²) < 4.78 is 14.0. The molecule has 1 aliphatic heterocycles. The van der Waals surface area contributed by atoms with Crippen LogP contribution in [0.15, 0.2) is 41.2 Å². The van der Waals surface area contributed by atoms with Crippen molar-refractivity contribution >= 4 is 28.1 Å². The summed E-state index contributed by atoms with van der Waals surface area (Å²) in [5.74, 6) is -0.0247. The molecule has 2 atom stereocenters. The second kappa shape index (κ2) is 5.30. The van der Waals surface area contributed by atoms with Crippen LogP contribution in [0.25, 0.3) is 10.8 Å². The van der Waals surface area contributed by atoms with E-state index in [0.717, 1.165) is 24.1 Å². The Morgan fingerprint density at radius 1 is 1.20 bits per heavy atom. The number of benzene rings is 2. The molecule has 2 aliphatic rings. The number of aromatic amines is 1. The first-order chi connectivity index (χ1) is 12.1. The van der Waals surface area contributed by atoms with Crippen molar-refractivity contribution in [2.45, 2.75) is 24.8 Å². The monoisotopic (exact) mass is 355 g/mol. The van der Waals surface area contributed by atoms with Gasteiger partial charge < -0.3 is 5.32 Å². The van der Waals surface area contributed by atoms with Gasteiger partial charge in [-0.05, 0) is 42.5 Å². The van der Waals surface area contributed by atoms with Gasteiger partial charge in [0, 0.05) is 22.1 Å². The molecule has 0 spiro atoms. The molecule has 0 amide bonds. The highest BCUT2D eigenvalue weighted by molar-refractivity contribution is 6.31. The number of H-pyrrole nitrogens is 1. The molecule has 3 aromatic rings. The van der Waals surface area contributed by atoms with Crippen molar-refractivity contribution in [1.82, 2.24) is 10.2 Å². The third kappa shape index (κ3) is 2.26. The van der Waals surface area contributed by atoms with Crippen molar-refractivity contribution in [3.63, 3.8) is 0 Å². The minimum absolute atomic E-state index is 0.0794. The summed E-state index contributed by atoms with van der Waals surface area (Å²) in [5.41, 5.74) is 1.99. The number of halogens is 2. The van der Waals surface area contributed by atoms with Crippen molar-refractivity contribution in [3.05, 3.63) is 68.8 Å². The van der Waals surface area contributed by atoms with Gasteiger partial charge in [-0.25, -0.2) is 9.49 Å². The molecule has 1 fully saturated rings. The van der Waals surface area contributed by atoms with Crippen LogP contribution in [0, 0.1) is 11.7 Å². The molecule has 0 radical (unpaired) electrons. The van der Waals surface area contributed by atoms with Crippen molar-refractivity contribution in [3.8, 4) is 0 Å². The Kier molecular flexibility index (Phi) is 3.16. The fraction of sp³-hybridized carbons (Fsp3) is 0.263.